The quantitative estimate of drug-likeness (QED) is 0.206. The lowest BCUT2D eigenvalue weighted by molar-refractivity contribution is -0.262. The molecule has 2 saturated heterocycles. The molecule has 10 heteroatoms. The summed E-state index contributed by atoms with van der Waals surface area (Å²) >= 11 is 0. The largest absolute Gasteiger partial charge is 0.472 e. The summed E-state index contributed by atoms with van der Waals surface area (Å²) < 4.78 is 37.2. The Hall–Kier alpha value is -2.95. The maximum absolute atomic E-state index is 13.7. The number of esters is 3. The van der Waals surface area contributed by atoms with Crippen LogP contribution in [0.2, 0.25) is 0 Å². The molecule has 5 aliphatic rings. The zero-order valence-corrected chi connectivity index (χ0v) is 27.5. The van der Waals surface area contributed by atoms with Gasteiger partial charge in [0.1, 0.15) is 18.3 Å². The van der Waals surface area contributed by atoms with E-state index in [4.69, 9.17) is 28.1 Å². The third-order valence-electron chi connectivity index (χ3n) is 12.1. The number of aliphatic hydroxyl groups excluding tert-OH is 1. The molecule has 1 N–H and O–H groups in total. The van der Waals surface area contributed by atoms with Gasteiger partial charge in [-0.15, -0.1) is 0 Å². The SMILES string of the molecule is C/C=C(\C)C(=O)O[C@H]1[C@@H]2OC[C@]3(C)[C@@H](OC(C)=O)C[C@H](OC(C)=O)[C@@](C)([C@@H]23)[C@H]2C[C@H](O)O[C@H]3C[C@H](c4ccoc4)C(C)=C3[C@]12C. The fourth-order valence-corrected chi connectivity index (χ4v) is 10.3. The van der Waals surface area contributed by atoms with Crippen LogP contribution in [0.25, 0.3) is 0 Å². The Balaban J connectivity index is 1.61. The molecule has 0 spiro atoms. The molecule has 1 aromatic rings. The smallest absolute Gasteiger partial charge is 0.333 e. The molecule has 2 saturated carbocycles. The maximum Gasteiger partial charge on any atom is 0.333 e. The Morgan fingerprint density at radius 1 is 1.00 bits per heavy atom. The first-order chi connectivity index (χ1) is 21.2. The normalized spacial score (nSPS) is 43.9. The Bertz CT molecular complexity index is 1430. The lowest BCUT2D eigenvalue weighted by atomic mass is 9.39. The van der Waals surface area contributed by atoms with Crippen LogP contribution in [0.3, 0.4) is 0 Å². The van der Waals surface area contributed by atoms with Crippen molar-refractivity contribution in [2.75, 3.05) is 6.61 Å². The van der Waals surface area contributed by atoms with Crippen molar-refractivity contribution in [3.63, 3.8) is 0 Å². The van der Waals surface area contributed by atoms with Gasteiger partial charge in [-0.3, -0.25) is 9.59 Å². The number of aliphatic hydroxyl groups is 1. The molecule has 0 aromatic carbocycles. The molecule has 246 valence electrons. The van der Waals surface area contributed by atoms with Gasteiger partial charge in [-0.25, -0.2) is 4.79 Å². The van der Waals surface area contributed by atoms with Gasteiger partial charge < -0.3 is 33.2 Å². The number of furan rings is 1. The molecule has 0 unspecified atom stereocenters. The average molecular weight is 627 g/mol. The molecular formula is C35H46O10. The summed E-state index contributed by atoms with van der Waals surface area (Å²) in [5, 5.41) is 11.6. The fourth-order valence-electron chi connectivity index (χ4n) is 10.3. The standard InChI is InChI=1S/C35H46O10/c1-9-17(2)32(39)45-31-29-30-33(6,16-41-29)25(42-19(4)36)14-26(43-20(5)37)34(30,7)24-13-27(38)44-23-12-22(21-10-11-40-15-21)18(3)28(23)35(24,31)8/h9-11,15,22-27,29-31,38H,12-14,16H2,1-8H3/b17-9+/t22-,23-,24+,25-,26-,27+,29+,30-,31-,33+,34-,35+/m0/s1. The number of hydrogen-bond donors (Lipinski definition) is 1. The first-order valence-corrected chi connectivity index (χ1v) is 16.0. The van der Waals surface area contributed by atoms with E-state index in [0.29, 0.717) is 12.0 Å². The van der Waals surface area contributed by atoms with Crippen molar-refractivity contribution in [1.82, 2.24) is 0 Å². The molecule has 10 nitrogen and oxygen atoms in total. The number of rotatable bonds is 5. The number of allylic oxidation sites excluding steroid dienone is 2. The summed E-state index contributed by atoms with van der Waals surface area (Å²) in [5.41, 5.74) is 1.18. The van der Waals surface area contributed by atoms with Crippen LogP contribution < -0.4 is 0 Å². The minimum atomic E-state index is -1.12. The number of fused-ring (bicyclic) bond motifs is 4. The summed E-state index contributed by atoms with van der Waals surface area (Å²) in [7, 11) is 0. The number of ether oxygens (including phenoxy) is 5. The molecule has 0 bridgehead atoms. The van der Waals surface area contributed by atoms with E-state index in [1.54, 1.807) is 32.4 Å². The van der Waals surface area contributed by atoms with Crippen LogP contribution in [0.1, 0.15) is 86.1 Å². The van der Waals surface area contributed by atoms with E-state index in [1.165, 1.54) is 13.8 Å². The maximum atomic E-state index is 13.7. The van der Waals surface area contributed by atoms with Gasteiger partial charge in [0, 0.05) is 60.3 Å². The van der Waals surface area contributed by atoms with E-state index < -0.39 is 71.0 Å². The van der Waals surface area contributed by atoms with Crippen LogP contribution in [0.5, 0.6) is 0 Å². The van der Waals surface area contributed by atoms with Gasteiger partial charge in [0.25, 0.3) is 0 Å². The van der Waals surface area contributed by atoms with Gasteiger partial charge in [-0.05, 0) is 50.3 Å². The lowest BCUT2D eigenvalue weighted by Crippen LogP contribution is -2.72. The number of carbonyl (C=O) groups is 3. The predicted octanol–water partition coefficient (Wildman–Crippen LogP) is 5.00. The Morgan fingerprint density at radius 2 is 1.69 bits per heavy atom. The minimum absolute atomic E-state index is 0.0237. The summed E-state index contributed by atoms with van der Waals surface area (Å²) in [5.74, 6) is -2.08. The first-order valence-electron chi connectivity index (χ1n) is 16.0. The summed E-state index contributed by atoms with van der Waals surface area (Å²) in [6.07, 6.45) is 1.99. The molecule has 3 heterocycles. The van der Waals surface area contributed by atoms with Gasteiger partial charge >= 0.3 is 17.9 Å². The molecule has 45 heavy (non-hydrogen) atoms. The van der Waals surface area contributed by atoms with Gasteiger partial charge in [0.15, 0.2) is 6.29 Å². The van der Waals surface area contributed by atoms with E-state index in [1.807, 2.05) is 13.0 Å². The Kier molecular flexibility index (Phi) is 7.89. The van der Waals surface area contributed by atoms with Crippen molar-refractivity contribution < 1.29 is 47.6 Å². The Morgan fingerprint density at radius 3 is 2.31 bits per heavy atom. The minimum Gasteiger partial charge on any atom is -0.472 e. The Labute approximate surface area is 264 Å². The highest BCUT2D eigenvalue weighted by atomic mass is 16.6. The fraction of sp³-hybridized carbons (Fsp3) is 0.686. The second-order valence-electron chi connectivity index (χ2n) is 14.4. The molecule has 12 atom stereocenters. The van der Waals surface area contributed by atoms with Crippen LogP contribution in [0.15, 0.2) is 45.8 Å². The lowest BCUT2D eigenvalue weighted by Gasteiger charge is -2.66. The van der Waals surface area contributed by atoms with Gasteiger partial charge in [0.05, 0.1) is 31.3 Å². The molecular weight excluding hydrogens is 580 g/mol. The molecule has 3 aliphatic carbocycles. The van der Waals surface area contributed by atoms with Crippen LogP contribution in [-0.2, 0) is 38.1 Å². The zero-order valence-electron chi connectivity index (χ0n) is 27.5. The number of hydrogen-bond acceptors (Lipinski definition) is 10. The van der Waals surface area contributed by atoms with Gasteiger partial charge in [-0.2, -0.15) is 0 Å². The third-order valence-corrected chi connectivity index (χ3v) is 12.1. The molecule has 0 amide bonds. The number of carbonyl (C=O) groups excluding carboxylic acids is 3. The van der Waals surface area contributed by atoms with Crippen LogP contribution in [0, 0.1) is 28.1 Å². The zero-order chi connectivity index (χ0) is 32.6. The van der Waals surface area contributed by atoms with E-state index in [9.17, 15) is 19.5 Å². The van der Waals surface area contributed by atoms with Crippen molar-refractivity contribution in [2.45, 2.75) is 117 Å². The van der Waals surface area contributed by atoms with Gasteiger partial charge in [0.2, 0.25) is 0 Å². The molecule has 2 aliphatic heterocycles. The van der Waals surface area contributed by atoms with Crippen molar-refractivity contribution in [1.29, 1.82) is 0 Å². The summed E-state index contributed by atoms with van der Waals surface area (Å²) in [4.78, 5) is 38.7. The van der Waals surface area contributed by atoms with Crippen LogP contribution in [0.4, 0.5) is 0 Å². The van der Waals surface area contributed by atoms with Gasteiger partial charge in [-0.1, -0.05) is 32.4 Å². The first kappa shape index (κ1) is 32.0. The molecule has 4 fully saturated rings. The van der Waals surface area contributed by atoms with Crippen molar-refractivity contribution in [3.8, 4) is 0 Å². The second kappa shape index (κ2) is 11.1. The monoisotopic (exact) mass is 626 g/mol. The molecule has 0 radical (unpaired) electrons. The average Bonchev–Trinajstić information content (AvgIpc) is 3.68. The second-order valence-corrected chi connectivity index (χ2v) is 14.4. The van der Waals surface area contributed by atoms with Crippen LogP contribution in [-0.4, -0.2) is 66.4 Å². The van der Waals surface area contributed by atoms with Crippen LogP contribution >= 0.6 is 0 Å². The van der Waals surface area contributed by atoms with E-state index >= 15 is 0 Å². The highest BCUT2D eigenvalue weighted by Crippen LogP contribution is 2.72. The summed E-state index contributed by atoms with van der Waals surface area (Å²) in [6, 6.07) is 1.94. The van der Waals surface area contributed by atoms with E-state index in [0.717, 1.165) is 16.7 Å². The third kappa shape index (κ3) is 4.65. The molecule has 6 rings (SSSR count). The highest BCUT2D eigenvalue weighted by molar-refractivity contribution is 5.87. The van der Waals surface area contributed by atoms with Crippen molar-refractivity contribution in [3.05, 3.63) is 47.0 Å². The summed E-state index contributed by atoms with van der Waals surface area (Å²) in [6.45, 7) is 14.9. The van der Waals surface area contributed by atoms with E-state index in [-0.39, 0.29) is 37.2 Å². The molecule has 1 aromatic heterocycles. The van der Waals surface area contributed by atoms with Crippen molar-refractivity contribution in [2.24, 2.45) is 28.1 Å². The van der Waals surface area contributed by atoms with Crippen molar-refractivity contribution >= 4 is 17.9 Å². The topological polar surface area (TPSA) is 131 Å². The van der Waals surface area contributed by atoms with E-state index in [2.05, 4.69) is 20.8 Å². The predicted molar refractivity (Wildman–Crippen MR) is 160 cm³/mol. The highest BCUT2D eigenvalue weighted by Gasteiger charge is 2.77.